The van der Waals surface area contributed by atoms with Crippen molar-refractivity contribution in [3.8, 4) is 0 Å². The first-order valence-corrected chi connectivity index (χ1v) is 29.1. The molecule has 0 bridgehead atoms. The van der Waals surface area contributed by atoms with Crippen molar-refractivity contribution in [2.45, 2.75) is 91.0 Å². The van der Waals surface area contributed by atoms with Gasteiger partial charge in [0.25, 0.3) is 0 Å². The molecule has 3 aliphatic heterocycles. The van der Waals surface area contributed by atoms with Gasteiger partial charge >= 0.3 is 18.5 Å². The van der Waals surface area contributed by atoms with Crippen LogP contribution in [0.25, 0.3) is 14.5 Å². The van der Waals surface area contributed by atoms with Crippen LogP contribution in [-0.4, -0.2) is 151 Å². The minimum Gasteiger partial charge on any atom is -0.330 e. The third-order valence-electron chi connectivity index (χ3n) is 11.2. The van der Waals surface area contributed by atoms with Gasteiger partial charge in [0.15, 0.2) is 29.5 Å². The van der Waals surface area contributed by atoms with E-state index in [0.29, 0.717) is 72.0 Å². The summed E-state index contributed by atoms with van der Waals surface area (Å²) < 4.78 is 71.4. The molecule has 3 fully saturated rings. The van der Waals surface area contributed by atoms with E-state index < -0.39 is 29.5 Å². The Balaban J connectivity index is 0.000000258. The lowest BCUT2D eigenvalue weighted by molar-refractivity contribution is -0.131. The van der Waals surface area contributed by atoms with Crippen LogP contribution in [-0.2, 0) is 43.9 Å². The highest BCUT2D eigenvalue weighted by atomic mass is 79.9. The molecule has 22 heteroatoms. The highest BCUT2D eigenvalue weighted by Crippen LogP contribution is 2.20. The fraction of sp³-hybridized carbons (Fsp3) is 0.500. The molecule has 3 amide bonds. The molecular weight excluding hydrogens is 1020 g/mol. The van der Waals surface area contributed by atoms with Crippen molar-refractivity contribution in [1.29, 1.82) is 0 Å². The lowest BCUT2D eigenvalue weighted by Crippen LogP contribution is -2.40. The van der Waals surface area contributed by atoms with Crippen LogP contribution in [0, 0.1) is 19.7 Å². The van der Waals surface area contributed by atoms with Crippen molar-refractivity contribution in [2.75, 3.05) is 74.9 Å². The van der Waals surface area contributed by atoms with Crippen LogP contribution in [0.15, 0.2) is 106 Å². The van der Waals surface area contributed by atoms with E-state index in [0.717, 1.165) is 45.1 Å². The molecule has 3 aromatic carbocycles. The van der Waals surface area contributed by atoms with E-state index in [4.69, 9.17) is 25.5 Å². The van der Waals surface area contributed by atoms with Gasteiger partial charge in [0.2, 0.25) is 17.7 Å². The molecular formula is C48H64BrN9O9S3. The third kappa shape index (κ3) is 19.9. The number of amides is 3. The Bertz CT molecular complexity index is 2440. The monoisotopic (exact) mass is 1090 g/mol. The molecule has 6 rings (SSSR count). The molecule has 18 nitrogen and oxygen atoms in total. The molecule has 0 aliphatic carbocycles. The average molecular weight is 1090 g/mol. The Morgan fingerprint density at radius 3 is 1.11 bits per heavy atom. The van der Waals surface area contributed by atoms with Crippen LogP contribution >= 0.6 is 15.9 Å². The van der Waals surface area contributed by atoms with E-state index in [1.165, 1.54) is 0 Å². The number of hydrogen-bond donors (Lipinski definition) is 3. The second-order valence-electron chi connectivity index (χ2n) is 16.2. The van der Waals surface area contributed by atoms with Crippen LogP contribution in [0.4, 0.5) is 0 Å². The molecule has 70 heavy (non-hydrogen) atoms. The normalized spacial score (nSPS) is 17.5. The summed E-state index contributed by atoms with van der Waals surface area (Å²) in [5, 5.41) is 6.28. The summed E-state index contributed by atoms with van der Waals surface area (Å²) in [7, 11) is -9.63. The minimum absolute atomic E-state index is 0.0310. The Morgan fingerprint density at radius 1 is 0.529 bits per heavy atom. The number of halogens is 1. The van der Waals surface area contributed by atoms with Crippen molar-refractivity contribution in [1.82, 2.24) is 25.3 Å². The van der Waals surface area contributed by atoms with Crippen LogP contribution in [0.3, 0.4) is 0 Å². The van der Waals surface area contributed by atoms with Crippen molar-refractivity contribution < 1.29 is 39.6 Å². The zero-order chi connectivity index (χ0) is 51.4. The fourth-order valence-electron chi connectivity index (χ4n) is 7.48. The largest absolute Gasteiger partial charge is 0.330 e. The average Bonchev–Trinajstić information content (AvgIpc) is 4.19. The van der Waals surface area contributed by atoms with E-state index >= 15 is 0 Å². The molecule has 3 atom stereocenters. The maximum atomic E-state index is 12.1. The zero-order valence-electron chi connectivity index (χ0n) is 39.3. The quantitative estimate of drug-likeness (QED) is 0.0846. The number of nitrogens with one attached hydrogen (secondary N) is 2. The Morgan fingerprint density at radius 2 is 0.829 bits per heavy atom. The predicted octanol–water partition coefficient (Wildman–Crippen LogP) is 4.67. The van der Waals surface area contributed by atoms with E-state index in [1.54, 1.807) is 106 Å². The van der Waals surface area contributed by atoms with Gasteiger partial charge in [-0.15, -0.1) is 0 Å². The van der Waals surface area contributed by atoms with E-state index in [9.17, 15) is 39.6 Å². The summed E-state index contributed by atoms with van der Waals surface area (Å²) in [6, 6.07) is 25.2. The second kappa shape index (κ2) is 31.2. The number of nitrogens with zero attached hydrogens (tertiary/aromatic N) is 6. The maximum absolute atomic E-state index is 12.1. The van der Waals surface area contributed by atoms with Gasteiger partial charge in [0.05, 0.1) is 50.4 Å². The van der Waals surface area contributed by atoms with Gasteiger partial charge in [-0.25, -0.2) is 45.0 Å². The minimum atomic E-state index is -3.26. The number of carbonyl (C=O) groups excluding carboxylic acids is 3. The van der Waals surface area contributed by atoms with Gasteiger partial charge in [0.1, 0.15) is 0 Å². The molecule has 0 saturated carbocycles. The highest BCUT2D eigenvalue weighted by Gasteiger charge is 2.34. The van der Waals surface area contributed by atoms with E-state index in [-0.39, 0.29) is 66.6 Å². The number of likely N-dealkylation sites (tertiary alicyclic amines) is 3. The Hall–Kier alpha value is -5.25. The first-order chi connectivity index (χ1) is 33.5. The van der Waals surface area contributed by atoms with Crippen molar-refractivity contribution in [3.05, 3.63) is 125 Å². The molecule has 4 N–H and O–H groups in total. The standard InChI is InChI=1S/2C16H21N3O3S.C9H13NO2S.C7H9BrN2O/c2*1-17-15-9-5-11-19(15)16(20)13-18-10-6-12-23(21,22)14-7-3-2-4-8-14;10-7-4-8-13(11,12)9-5-2-1-3-6-9;1-9-6-3-2-4-10(6)7(11)5-8/h2*2-4,7-8,15,18H,5-6,9-13H2;1-3,5-6H,4,7-8,10H2;6H,2-5H2/t2*15-;;6-/m00.0/s1. The maximum Gasteiger partial charge on any atom is 0.300 e. The van der Waals surface area contributed by atoms with E-state index in [1.807, 2.05) is 0 Å². The molecule has 0 spiro atoms. The van der Waals surface area contributed by atoms with Crippen molar-refractivity contribution in [2.24, 2.45) is 5.73 Å². The molecule has 0 aromatic heterocycles. The first-order valence-electron chi connectivity index (χ1n) is 23.0. The summed E-state index contributed by atoms with van der Waals surface area (Å²) in [5.74, 6) is 0.0829. The number of nitrogens with two attached hydrogens (primary N) is 1. The summed E-state index contributed by atoms with van der Waals surface area (Å²) in [4.78, 5) is 51.3. The fourth-order valence-corrected chi connectivity index (χ4v) is 11.8. The highest BCUT2D eigenvalue weighted by molar-refractivity contribution is 9.09. The number of carbonyl (C=O) groups is 3. The number of benzene rings is 3. The van der Waals surface area contributed by atoms with Gasteiger partial charge in [-0.2, -0.15) is 0 Å². The molecule has 0 radical (unpaired) electrons. The van der Waals surface area contributed by atoms with Crippen LogP contribution in [0.1, 0.15) is 57.8 Å². The van der Waals surface area contributed by atoms with Crippen LogP contribution in [0.5, 0.6) is 0 Å². The van der Waals surface area contributed by atoms with E-state index in [2.05, 4.69) is 41.1 Å². The molecule has 3 aliphatic rings. The summed E-state index contributed by atoms with van der Waals surface area (Å²) >= 11 is 3.09. The predicted molar refractivity (Wildman–Crippen MR) is 272 cm³/mol. The Kier molecular flexibility index (Phi) is 26.3. The number of sulfone groups is 3. The van der Waals surface area contributed by atoms with Crippen LogP contribution < -0.4 is 16.4 Å². The molecule has 3 heterocycles. The topological polar surface area (TPSA) is 227 Å². The number of alkyl halides is 1. The molecule has 3 saturated heterocycles. The van der Waals surface area contributed by atoms with Gasteiger partial charge in [-0.3, -0.25) is 43.6 Å². The van der Waals surface area contributed by atoms with Gasteiger partial charge in [0, 0.05) is 38.9 Å². The lowest BCUT2D eigenvalue weighted by atomic mass is 10.3. The molecule has 0 unspecified atom stereocenters. The third-order valence-corrected chi connectivity index (χ3v) is 17.1. The van der Waals surface area contributed by atoms with Gasteiger partial charge in [-0.05, 0) is 94.6 Å². The van der Waals surface area contributed by atoms with Crippen molar-refractivity contribution in [3.63, 3.8) is 0 Å². The number of rotatable bonds is 19. The summed E-state index contributed by atoms with van der Waals surface area (Å²) in [5.41, 5.74) is 5.25. The summed E-state index contributed by atoms with van der Waals surface area (Å²) in [6.45, 7) is 24.6. The van der Waals surface area contributed by atoms with Crippen molar-refractivity contribution >= 4 is 63.2 Å². The molecule has 380 valence electrons. The lowest BCUT2D eigenvalue weighted by Gasteiger charge is -2.16. The second-order valence-corrected chi connectivity index (χ2v) is 23.1. The SMILES string of the molecule is NCCCS(=O)(=O)c1ccccc1.[C-]#[N+][C@@H]1CCCN1C(=O)CBr.[C-]#[N+][C@@H]1CCCN1C(=O)CNCCCS(=O)(=O)c1ccccc1.[C-]#[N+][C@@H]1CCCN1C(=O)CNCCCS(=O)(=O)c1ccccc1. The summed E-state index contributed by atoms with van der Waals surface area (Å²) in [6.07, 6.45) is 5.56. The first kappa shape index (κ1) is 59.1. The molecule has 3 aromatic rings. The number of hydrogen-bond acceptors (Lipinski definition) is 12. The smallest absolute Gasteiger partial charge is 0.300 e. The Labute approximate surface area is 422 Å². The van der Waals surface area contributed by atoms with Gasteiger partial charge in [-0.1, -0.05) is 70.5 Å². The van der Waals surface area contributed by atoms with Gasteiger partial charge < -0.3 is 16.4 Å². The zero-order valence-corrected chi connectivity index (χ0v) is 43.3. The van der Waals surface area contributed by atoms with Crippen LogP contribution in [0.2, 0.25) is 0 Å².